The van der Waals surface area contributed by atoms with Gasteiger partial charge in [0.2, 0.25) is 0 Å². The largest absolute Gasteiger partial charge is 0.465 e. The fourth-order valence-corrected chi connectivity index (χ4v) is 2.89. The minimum absolute atomic E-state index is 0.140. The number of carbonyl (C=O) groups is 1. The van der Waals surface area contributed by atoms with Gasteiger partial charge in [0.25, 0.3) is 0 Å². The summed E-state index contributed by atoms with van der Waals surface area (Å²) in [6, 6.07) is 22.6. The highest BCUT2D eigenvalue weighted by Gasteiger charge is 2.23. The molecule has 0 saturated carbocycles. The van der Waals surface area contributed by atoms with Crippen LogP contribution in [-0.2, 0) is 10.2 Å². The Kier molecular flexibility index (Phi) is 3.91. The van der Waals surface area contributed by atoms with Gasteiger partial charge in [0, 0.05) is 5.41 Å². The number of fused-ring (bicyclic) bond motifs is 1. The summed E-state index contributed by atoms with van der Waals surface area (Å²) in [6.07, 6.45) is 0. The molecule has 0 aliphatic heterocycles. The molecule has 0 amide bonds. The molecule has 2 nitrogen and oxygen atoms in total. The molecule has 0 heterocycles. The Morgan fingerprint density at radius 3 is 2.09 bits per heavy atom. The fraction of sp³-hybridized carbons (Fsp3) is 0.190. The summed E-state index contributed by atoms with van der Waals surface area (Å²) in [5, 5.41) is 2.48. The molecule has 0 aliphatic carbocycles. The predicted molar refractivity (Wildman–Crippen MR) is 93.9 cm³/mol. The van der Waals surface area contributed by atoms with E-state index in [1.54, 1.807) is 0 Å². The maximum atomic E-state index is 11.6. The van der Waals surface area contributed by atoms with E-state index in [2.05, 4.69) is 56.3 Å². The first-order chi connectivity index (χ1) is 11.0. The molecule has 3 rings (SSSR count). The summed E-state index contributed by atoms with van der Waals surface area (Å²) in [4.78, 5) is 11.6. The zero-order valence-corrected chi connectivity index (χ0v) is 13.7. The van der Waals surface area contributed by atoms with Gasteiger partial charge in [-0.1, -0.05) is 68.4 Å². The molecule has 0 unspecified atom stereocenters. The molecule has 2 heteroatoms. The van der Waals surface area contributed by atoms with Crippen molar-refractivity contribution in [2.75, 3.05) is 7.11 Å². The van der Waals surface area contributed by atoms with Gasteiger partial charge in [0.15, 0.2) is 0 Å². The number of ether oxygens (including phenoxy) is 1. The maximum Gasteiger partial charge on any atom is 0.337 e. The van der Waals surface area contributed by atoms with Crippen LogP contribution in [0, 0.1) is 0 Å². The molecule has 0 aliphatic rings. The molecule has 0 saturated heterocycles. The van der Waals surface area contributed by atoms with Gasteiger partial charge in [0.1, 0.15) is 0 Å². The normalized spacial score (nSPS) is 11.4. The van der Waals surface area contributed by atoms with E-state index < -0.39 is 0 Å². The Labute approximate surface area is 136 Å². The minimum atomic E-state index is -0.305. The summed E-state index contributed by atoms with van der Waals surface area (Å²) in [6.45, 7) is 4.40. The number of carbonyl (C=O) groups excluding carboxylic acids is 1. The van der Waals surface area contributed by atoms with Gasteiger partial charge < -0.3 is 4.74 Å². The molecular weight excluding hydrogens is 284 g/mol. The van der Waals surface area contributed by atoms with Crippen LogP contribution in [0.2, 0.25) is 0 Å². The lowest BCUT2D eigenvalue weighted by Crippen LogP contribution is -2.19. The van der Waals surface area contributed by atoms with Gasteiger partial charge in [-0.2, -0.15) is 0 Å². The van der Waals surface area contributed by atoms with Gasteiger partial charge in [-0.15, -0.1) is 0 Å². The van der Waals surface area contributed by atoms with Crippen LogP contribution < -0.4 is 0 Å². The van der Waals surface area contributed by atoms with Gasteiger partial charge in [-0.25, -0.2) is 4.79 Å². The predicted octanol–water partition coefficient (Wildman–Crippen LogP) is 4.95. The molecule has 0 atom stereocenters. The van der Waals surface area contributed by atoms with E-state index in [1.807, 2.05) is 24.3 Å². The van der Waals surface area contributed by atoms with Crippen LogP contribution in [-0.4, -0.2) is 13.1 Å². The lowest BCUT2D eigenvalue weighted by molar-refractivity contribution is 0.0600. The van der Waals surface area contributed by atoms with E-state index in [0.29, 0.717) is 5.56 Å². The minimum Gasteiger partial charge on any atom is -0.465 e. The second-order valence-electron chi connectivity index (χ2n) is 6.26. The van der Waals surface area contributed by atoms with Crippen molar-refractivity contribution in [2.24, 2.45) is 0 Å². The SMILES string of the molecule is COC(=O)c1ccc(C(C)(C)c2ccc3ccccc3c2)cc1. The van der Waals surface area contributed by atoms with E-state index in [9.17, 15) is 4.79 Å². The molecule has 0 N–H and O–H groups in total. The van der Waals surface area contributed by atoms with E-state index in [0.717, 1.165) is 0 Å². The van der Waals surface area contributed by atoms with Crippen LogP contribution in [0.1, 0.15) is 35.3 Å². The second kappa shape index (κ2) is 5.88. The van der Waals surface area contributed by atoms with Crippen LogP contribution in [0.5, 0.6) is 0 Å². The fourth-order valence-electron chi connectivity index (χ4n) is 2.89. The summed E-state index contributed by atoms with van der Waals surface area (Å²) in [5.74, 6) is -0.305. The summed E-state index contributed by atoms with van der Waals surface area (Å²) in [7, 11) is 1.40. The Hall–Kier alpha value is -2.61. The van der Waals surface area contributed by atoms with Crippen LogP contribution in [0.4, 0.5) is 0 Å². The molecule has 0 bridgehead atoms. The average Bonchev–Trinajstić information content (AvgIpc) is 2.60. The molecule has 23 heavy (non-hydrogen) atoms. The number of rotatable bonds is 3. The van der Waals surface area contributed by atoms with Crippen molar-refractivity contribution in [3.05, 3.63) is 83.4 Å². The first-order valence-electron chi connectivity index (χ1n) is 7.70. The Morgan fingerprint density at radius 2 is 1.43 bits per heavy atom. The van der Waals surface area contributed by atoms with Crippen LogP contribution in [0.15, 0.2) is 66.7 Å². The van der Waals surface area contributed by atoms with Crippen LogP contribution >= 0.6 is 0 Å². The number of hydrogen-bond donors (Lipinski definition) is 0. The van der Waals surface area contributed by atoms with Gasteiger partial charge >= 0.3 is 5.97 Å². The highest BCUT2D eigenvalue weighted by Crippen LogP contribution is 2.33. The highest BCUT2D eigenvalue weighted by molar-refractivity contribution is 5.89. The highest BCUT2D eigenvalue weighted by atomic mass is 16.5. The summed E-state index contributed by atoms with van der Waals surface area (Å²) >= 11 is 0. The van der Waals surface area contributed by atoms with Crippen molar-refractivity contribution < 1.29 is 9.53 Å². The van der Waals surface area contributed by atoms with Gasteiger partial charge in [-0.3, -0.25) is 0 Å². The van der Waals surface area contributed by atoms with E-state index in [-0.39, 0.29) is 11.4 Å². The molecule has 116 valence electrons. The number of esters is 1. The first kappa shape index (κ1) is 15.3. The van der Waals surface area contributed by atoms with Crippen molar-refractivity contribution >= 4 is 16.7 Å². The molecule has 3 aromatic carbocycles. The third-order valence-corrected chi connectivity index (χ3v) is 4.50. The zero-order valence-electron chi connectivity index (χ0n) is 13.7. The molecule has 0 spiro atoms. The van der Waals surface area contributed by atoms with Crippen molar-refractivity contribution in [1.29, 1.82) is 0 Å². The zero-order chi connectivity index (χ0) is 16.4. The first-order valence-corrected chi connectivity index (χ1v) is 7.70. The standard InChI is InChI=1S/C21H20O2/c1-21(2,18-11-9-16(10-12-18)20(22)23-3)19-13-8-15-6-4-5-7-17(15)14-19/h4-14H,1-3H3. The summed E-state index contributed by atoms with van der Waals surface area (Å²) < 4.78 is 4.76. The van der Waals surface area contributed by atoms with Crippen molar-refractivity contribution in [3.8, 4) is 0 Å². The maximum absolute atomic E-state index is 11.6. The lowest BCUT2D eigenvalue weighted by atomic mass is 9.77. The van der Waals surface area contributed by atoms with E-state index in [1.165, 1.54) is 29.0 Å². The van der Waals surface area contributed by atoms with E-state index >= 15 is 0 Å². The molecule has 0 fully saturated rings. The number of methoxy groups -OCH3 is 1. The molecule has 0 aromatic heterocycles. The monoisotopic (exact) mass is 304 g/mol. The quantitative estimate of drug-likeness (QED) is 0.640. The van der Waals surface area contributed by atoms with Crippen LogP contribution in [0.3, 0.4) is 0 Å². The molecule has 3 aromatic rings. The Bertz CT molecular complexity index is 845. The topological polar surface area (TPSA) is 26.3 Å². The number of hydrogen-bond acceptors (Lipinski definition) is 2. The third kappa shape index (κ3) is 2.85. The molecule has 0 radical (unpaired) electrons. The van der Waals surface area contributed by atoms with Crippen molar-refractivity contribution in [1.82, 2.24) is 0 Å². The lowest BCUT2D eigenvalue weighted by Gasteiger charge is -2.26. The summed E-state index contributed by atoms with van der Waals surface area (Å²) in [5.41, 5.74) is 2.85. The van der Waals surface area contributed by atoms with Crippen molar-refractivity contribution in [2.45, 2.75) is 19.3 Å². The van der Waals surface area contributed by atoms with Gasteiger partial charge in [0.05, 0.1) is 12.7 Å². The van der Waals surface area contributed by atoms with Crippen LogP contribution in [0.25, 0.3) is 10.8 Å². The third-order valence-electron chi connectivity index (χ3n) is 4.50. The number of benzene rings is 3. The molecular formula is C21H20O2. The van der Waals surface area contributed by atoms with Gasteiger partial charge in [-0.05, 0) is 34.0 Å². The second-order valence-corrected chi connectivity index (χ2v) is 6.26. The van der Waals surface area contributed by atoms with E-state index in [4.69, 9.17) is 4.74 Å². The smallest absolute Gasteiger partial charge is 0.337 e. The Morgan fingerprint density at radius 1 is 0.826 bits per heavy atom. The Balaban J connectivity index is 2.00. The average molecular weight is 304 g/mol. The van der Waals surface area contributed by atoms with Crippen molar-refractivity contribution in [3.63, 3.8) is 0 Å².